The van der Waals surface area contributed by atoms with Crippen LogP contribution in [0.5, 0.6) is 0 Å². The Morgan fingerprint density at radius 2 is 1.71 bits per heavy atom. The summed E-state index contributed by atoms with van der Waals surface area (Å²) in [5.41, 5.74) is -4.24. The van der Waals surface area contributed by atoms with E-state index in [1.54, 1.807) is 32.9 Å². The number of hydrogen-bond acceptors (Lipinski definition) is 9. The first-order chi connectivity index (χ1) is 14.5. The molecular weight excluding hydrogens is 412 g/mol. The van der Waals surface area contributed by atoms with Gasteiger partial charge in [0.25, 0.3) is 0 Å². The fraction of sp³-hybridized carbons (Fsp3) is 0.500. The maximum Gasteiger partial charge on any atom is 0.409 e. The van der Waals surface area contributed by atoms with Crippen LogP contribution in [0.15, 0.2) is 32.1 Å². The van der Waals surface area contributed by atoms with Crippen molar-refractivity contribution in [2.24, 2.45) is 0 Å². The molecule has 0 aliphatic rings. The van der Waals surface area contributed by atoms with Crippen LogP contribution < -0.4 is 10.9 Å². The molecule has 1 amide bonds. The first kappa shape index (κ1) is 23.8. The Bertz CT molecular complexity index is 946. The van der Waals surface area contributed by atoms with Gasteiger partial charge in [-0.3, -0.25) is 5.32 Å². The molecule has 0 aliphatic carbocycles. The van der Waals surface area contributed by atoms with Gasteiger partial charge in [-0.05, 0) is 46.8 Å². The number of aromatic nitrogens is 1. The number of carbonyl (C=O) groups is 3. The van der Waals surface area contributed by atoms with Gasteiger partial charge in [0.2, 0.25) is 5.54 Å². The third-order valence-corrected chi connectivity index (χ3v) is 3.97. The Kier molecular flexibility index (Phi) is 7.32. The summed E-state index contributed by atoms with van der Waals surface area (Å²) < 4.78 is 25.4. The molecule has 0 saturated carbocycles. The lowest BCUT2D eigenvalue weighted by molar-refractivity contribution is -0.166. The number of furan rings is 1. The highest BCUT2D eigenvalue weighted by molar-refractivity contribution is 6.07. The minimum absolute atomic E-state index is 0.0945. The van der Waals surface area contributed by atoms with Crippen molar-refractivity contribution in [3.05, 3.63) is 34.4 Å². The number of esters is 2. The van der Waals surface area contributed by atoms with Gasteiger partial charge < -0.3 is 23.2 Å². The third-order valence-electron chi connectivity index (χ3n) is 3.97. The Hall–Kier alpha value is -3.50. The van der Waals surface area contributed by atoms with Crippen LogP contribution in [0, 0.1) is 0 Å². The molecule has 2 rings (SSSR count). The van der Waals surface area contributed by atoms with Crippen LogP contribution >= 0.6 is 0 Å². The Balaban J connectivity index is 2.59. The monoisotopic (exact) mass is 438 g/mol. The molecule has 0 aromatic carbocycles. The number of amides is 1. The maximum absolute atomic E-state index is 13.0. The van der Waals surface area contributed by atoms with E-state index in [1.807, 2.05) is 0 Å². The molecule has 31 heavy (non-hydrogen) atoms. The number of rotatable bonds is 8. The molecule has 11 heteroatoms. The minimum Gasteiger partial charge on any atom is -0.464 e. The van der Waals surface area contributed by atoms with E-state index in [0.29, 0.717) is 0 Å². The highest BCUT2D eigenvalue weighted by Gasteiger charge is 2.52. The number of carbonyl (C=O) groups excluding carboxylic acids is 3. The van der Waals surface area contributed by atoms with Crippen molar-refractivity contribution in [3.63, 3.8) is 0 Å². The summed E-state index contributed by atoms with van der Waals surface area (Å²) in [6.07, 6.45) is -0.341. The van der Waals surface area contributed by atoms with Crippen molar-refractivity contribution in [1.82, 2.24) is 10.5 Å². The van der Waals surface area contributed by atoms with E-state index in [1.165, 1.54) is 20.1 Å². The molecule has 0 spiro atoms. The lowest BCUT2D eigenvalue weighted by Crippen LogP contribution is -2.63. The number of hydrogen-bond donors (Lipinski definition) is 2. The molecule has 0 aliphatic heterocycles. The van der Waals surface area contributed by atoms with E-state index in [9.17, 15) is 19.2 Å². The Morgan fingerprint density at radius 3 is 2.19 bits per heavy atom. The van der Waals surface area contributed by atoms with Gasteiger partial charge in [-0.1, -0.05) is 0 Å². The Morgan fingerprint density at radius 1 is 1.10 bits per heavy atom. The van der Waals surface area contributed by atoms with Gasteiger partial charge in [0.15, 0.2) is 5.76 Å². The van der Waals surface area contributed by atoms with Crippen LogP contribution in [0.2, 0.25) is 0 Å². The van der Waals surface area contributed by atoms with Gasteiger partial charge >= 0.3 is 23.7 Å². The summed E-state index contributed by atoms with van der Waals surface area (Å²) >= 11 is 0. The number of alkyl carbamates (subject to hydrolysis) is 1. The van der Waals surface area contributed by atoms with E-state index < -0.39 is 41.2 Å². The highest BCUT2D eigenvalue weighted by Crippen LogP contribution is 2.26. The zero-order valence-corrected chi connectivity index (χ0v) is 18.0. The van der Waals surface area contributed by atoms with Gasteiger partial charge in [-0.15, -0.1) is 0 Å². The van der Waals surface area contributed by atoms with Gasteiger partial charge in [0.1, 0.15) is 11.3 Å². The molecule has 2 aromatic rings. The lowest BCUT2D eigenvalue weighted by Gasteiger charge is -2.30. The number of nitrogens with one attached hydrogen (secondary N) is 2. The fourth-order valence-corrected chi connectivity index (χ4v) is 2.73. The summed E-state index contributed by atoms with van der Waals surface area (Å²) in [4.78, 5) is 50.9. The highest BCUT2D eigenvalue weighted by atomic mass is 16.6. The average molecular weight is 438 g/mol. The zero-order valence-electron chi connectivity index (χ0n) is 18.0. The zero-order chi connectivity index (χ0) is 23.2. The summed E-state index contributed by atoms with van der Waals surface area (Å²) in [6.45, 7) is 7.70. The van der Waals surface area contributed by atoms with Crippen molar-refractivity contribution in [3.8, 4) is 11.5 Å². The molecule has 170 valence electrons. The Labute approximate surface area is 178 Å². The van der Waals surface area contributed by atoms with Crippen LogP contribution in [-0.4, -0.2) is 47.5 Å². The first-order valence-corrected chi connectivity index (χ1v) is 9.64. The number of ether oxygens (including phenoxy) is 3. The summed E-state index contributed by atoms with van der Waals surface area (Å²) in [6, 6.07) is 3.12. The standard InChI is InChI=1S/C20H26N2O9/c1-6-27-16(24)20(17(25)28-7-2,21-18(26)30-19(3,4)5)11-12-14(22-31-15(12)23)13-9-8-10-29-13/h8-10,22H,6-7,11H2,1-5H3,(H,21,26). The second kappa shape index (κ2) is 9.54. The van der Waals surface area contributed by atoms with Crippen LogP contribution in [-0.2, 0) is 30.2 Å². The molecule has 2 aromatic heterocycles. The van der Waals surface area contributed by atoms with Gasteiger partial charge in [0, 0.05) is 6.42 Å². The van der Waals surface area contributed by atoms with E-state index in [2.05, 4.69) is 10.5 Å². The smallest absolute Gasteiger partial charge is 0.409 e. The topological polar surface area (TPSA) is 150 Å². The molecule has 0 bridgehead atoms. The normalized spacial score (nSPS) is 11.6. The molecule has 2 heterocycles. The molecule has 11 nitrogen and oxygen atoms in total. The van der Waals surface area contributed by atoms with Crippen LogP contribution in [0.4, 0.5) is 4.79 Å². The molecule has 0 atom stereocenters. The van der Waals surface area contributed by atoms with E-state index in [0.717, 1.165) is 0 Å². The predicted molar refractivity (Wildman–Crippen MR) is 106 cm³/mol. The van der Waals surface area contributed by atoms with Crippen molar-refractivity contribution in [2.45, 2.75) is 52.2 Å². The lowest BCUT2D eigenvalue weighted by atomic mass is 9.90. The van der Waals surface area contributed by atoms with E-state index in [-0.39, 0.29) is 30.2 Å². The first-order valence-electron chi connectivity index (χ1n) is 9.64. The maximum atomic E-state index is 13.0. The predicted octanol–water partition coefficient (Wildman–Crippen LogP) is 2.16. The number of H-pyrrole nitrogens is 1. The third kappa shape index (κ3) is 5.56. The quantitative estimate of drug-likeness (QED) is 0.359. The summed E-state index contributed by atoms with van der Waals surface area (Å²) in [7, 11) is 0. The molecule has 0 saturated heterocycles. The minimum atomic E-state index is -2.41. The van der Waals surface area contributed by atoms with Crippen molar-refractivity contribution >= 4 is 18.0 Å². The van der Waals surface area contributed by atoms with Gasteiger partial charge in [-0.2, -0.15) is 0 Å². The SMILES string of the molecule is CCOC(=O)C(Cc1c(-c2ccco2)[nH]oc1=O)(NC(=O)OC(C)(C)C)C(=O)OCC. The van der Waals surface area contributed by atoms with Crippen LogP contribution in [0.3, 0.4) is 0 Å². The van der Waals surface area contributed by atoms with Crippen molar-refractivity contribution in [1.29, 1.82) is 0 Å². The number of aromatic amines is 1. The molecule has 0 unspecified atom stereocenters. The molecule has 0 radical (unpaired) electrons. The van der Waals surface area contributed by atoms with Crippen molar-refractivity contribution in [2.75, 3.05) is 13.2 Å². The summed E-state index contributed by atoms with van der Waals surface area (Å²) in [5.74, 6) is -2.02. The molecular formula is C20H26N2O9. The van der Waals surface area contributed by atoms with Gasteiger partial charge in [0.05, 0.1) is 25.0 Å². The van der Waals surface area contributed by atoms with Crippen LogP contribution in [0.25, 0.3) is 11.5 Å². The van der Waals surface area contributed by atoms with Crippen LogP contribution in [0.1, 0.15) is 40.2 Å². The van der Waals surface area contributed by atoms with Crippen molar-refractivity contribution < 1.29 is 37.5 Å². The van der Waals surface area contributed by atoms with Gasteiger partial charge in [-0.25, -0.2) is 24.3 Å². The second-order valence-electron chi connectivity index (χ2n) is 7.47. The fourth-order valence-electron chi connectivity index (χ4n) is 2.73. The average Bonchev–Trinajstić information content (AvgIpc) is 3.30. The molecule has 0 fully saturated rings. The van der Waals surface area contributed by atoms with E-state index in [4.69, 9.17) is 23.2 Å². The summed E-state index contributed by atoms with van der Waals surface area (Å²) in [5, 5.41) is 4.66. The molecule has 2 N–H and O–H groups in total. The second-order valence-corrected chi connectivity index (χ2v) is 7.47. The van der Waals surface area contributed by atoms with E-state index >= 15 is 0 Å². The largest absolute Gasteiger partial charge is 0.464 e.